The maximum absolute atomic E-state index is 6.20. The van der Waals surface area contributed by atoms with E-state index in [2.05, 4.69) is 18.0 Å². The fraction of sp³-hybridized carbons (Fsp3) is 0.375. The van der Waals surface area contributed by atoms with E-state index in [1.165, 1.54) is 0 Å². The summed E-state index contributed by atoms with van der Waals surface area (Å²) in [6.45, 7) is 2.80. The van der Waals surface area contributed by atoms with Gasteiger partial charge in [0.05, 0.1) is 25.7 Å². The van der Waals surface area contributed by atoms with Crippen molar-refractivity contribution in [3.8, 4) is 5.75 Å². The van der Waals surface area contributed by atoms with Gasteiger partial charge in [-0.05, 0) is 26.1 Å². The lowest BCUT2D eigenvalue weighted by Crippen LogP contribution is -2.37. The van der Waals surface area contributed by atoms with Gasteiger partial charge in [0, 0.05) is 23.7 Å². The van der Waals surface area contributed by atoms with Gasteiger partial charge in [-0.3, -0.25) is 4.90 Å². The zero-order chi connectivity index (χ0) is 14.5. The van der Waals surface area contributed by atoms with Gasteiger partial charge >= 0.3 is 0 Å². The van der Waals surface area contributed by atoms with Crippen LogP contribution in [-0.4, -0.2) is 25.1 Å². The Morgan fingerprint density at radius 1 is 1.30 bits per heavy atom. The lowest BCUT2D eigenvalue weighted by Gasteiger charge is -2.32. The van der Waals surface area contributed by atoms with E-state index in [1.807, 2.05) is 31.2 Å². The van der Waals surface area contributed by atoms with Gasteiger partial charge in [-0.1, -0.05) is 18.2 Å². The lowest BCUT2D eigenvalue weighted by atomic mass is 9.98. The first kappa shape index (κ1) is 14.6. The van der Waals surface area contributed by atoms with E-state index < -0.39 is 0 Å². The molecule has 0 amide bonds. The van der Waals surface area contributed by atoms with Gasteiger partial charge in [-0.2, -0.15) is 0 Å². The smallest absolute Gasteiger partial charge is 0.123 e. The molecule has 2 aromatic rings. The van der Waals surface area contributed by atoms with E-state index in [0.717, 1.165) is 23.4 Å². The Kier molecular flexibility index (Phi) is 4.82. The summed E-state index contributed by atoms with van der Waals surface area (Å²) in [7, 11) is 3.75. The molecule has 0 fully saturated rings. The first-order chi connectivity index (χ1) is 9.63. The number of ether oxygens (including phenoxy) is 1. The Labute approximate surface area is 120 Å². The van der Waals surface area contributed by atoms with Crippen molar-refractivity contribution in [1.82, 2.24) is 4.90 Å². The number of nitrogens with zero attached hydrogens (tertiary/aromatic N) is 1. The van der Waals surface area contributed by atoms with Crippen molar-refractivity contribution in [2.75, 3.05) is 14.2 Å². The molecule has 4 heteroatoms. The highest BCUT2D eigenvalue weighted by atomic mass is 16.5. The van der Waals surface area contributed by atoms with Crippen LogP contribution in [0.2, 0.25) is 0 Å². The highest BCUT2D eigenvalue weighted by Gasteiger charge is 2.24. The summed E-state index contributed by atoms with van der Waals surface area (Å²) in [6.07, 6.45) is 3.45. The molecule has 1 aromatic carbocycles. The van der Waals surface area contributed by atoms with Crippen molar-refractivity contribution in [3.63, 3.8) is 0 Å². The largest absolute Gasteiger partial charge is 0.496 e. The van der Waals surface area contributed by atoms with Crippen LogP contribution in [0.4, 0.5) is 0 Å². The Bertz CT molecular complexity index is 523. The first-order valence-corrected chi connectivity index (χ1v) is 6.73. The maximum Gasteiger partial charge on any atom is 0.123 e. The molecule has 0 bridgehead atoms. The molecule has 4 nitrogen and oxygen atoms in total. The Morgan fingerprint density at radius 2 is 2.05 bits per heavy atom. The second-order valence-corrected chi connectivity index (χ2v) is 5.09. The Balaban J connectivity index is 2.26. The van der Waals surface area contributed by atoms with Crippen LogP contribution in [0.1, 0.15) is 24.1 Å². The highest BCUT2D eigenvalue weighted by Crippen LogP contribution is 2.31. The second-order valence-electron chi connectivity index (χ2n) is 5.09. The van der Waals surface area contributed by atoms with Crippen molar-refractivity contribution in [1.29, 1.82) is 0 Å². The van der Waals surface area contributed by atoms with Gasteiger partial charge in [0.2, 0.25) is 0 Å². The molecule has 1 aromatic heterocycles. The third kappa shape index (κ3) is 3.21. The van der Waals surface area contributed by atoms with Crippen LogP contribution in [0.25, 0.3) is 0 Å². The van der Waals surface area contributed by atoms with E-state index in [1.54, 1.807) is 19.6 Å². The van der Waals surface area contributed by atoms with Gasteiger partial charge in [0.15, 0.2) is 0 Å². The van der Waals surface area contributed by atoms with E-state index in [0.29, 0.717) is 0 Å². The standard InChI is InChI=1S/C16H22N2O2/c1-12(17)16(14-6-4-5-7-15(14)19-3)18(2)10-13-8-9-20-11-13/h4-9,11-12,16H,10,17H2,1-3H3. The number of furan rings is 1. The maximum atomic E-state index is 6.20. The van der Waals surface area contributed by atoms with E-state index >= 15 is 0 Å². The molecule has 0 aliphatic carbocycles. The first-order valence-electron chi connectivity index (χ1n) is 6.73. The van der Waals surface area contributed by atoms with Gasteiger partial charge in [-0.25, -0.2) is 0 Å². The summed E-state index contributed by atoms with van der Waals surface area (Å²) in [5.74, 6) is 0.869. The molecule has 20 heavy (non-hydrogen) atoms. The van der Waals surface area contributed by atoms with Crippen molar-refractivity contribution in [2.45, 2.75) is 25.6 Å². The summed E-state index contributed by atoms with van der Waals surface area (Å²) in [5, 5.41) is 0. The molecule has 0 aliphatic heterocycles. The highest BCUT2D eigenvalue weighted by molar-refractivity contribution is 5.36. The predicted molar refractivity (Wildman–Crippen MR) is 79.6 cm³/mol. The molecule has 108 valence electrons. The van der Waals surface area contributed by atoms with Gasteiger partial charge in [0.1, 0.15) is 5.75 Å². The fourth-order valence-corrected chi connectivity index (χ4v) is 2.60. The molecule has 0 spiro atoms. The summed E-state index contributed by atoms with van der Waals surface area (Å²) in [4.78, 5) is 2.22. The van der Waals surface area contributed by atoms with Gasteiger partial charge in [0.25, 0.3) is 0 Å². The van der Waals surface area contributed by atoms with Crippen LogP contribution in [0, 0.1) is 0 Å². The SMILES string of the molecule is COc1ccccc1C(C(C)N)N(C)Cc1ccoc1. The number of benzene rings is 1. The fourth-order valence-electron chi connectivity index (χ4n) is 2.60. The van der Waals surface area contributed by atoms with Crippen LogP contribution in [-0.2, 0) is 6.54 Å². The number of para-hydroxylation sites is 1. The van der Waals surface area contributed by atoms with Crippen LogP contribution >= 0.6 is 0 Å². The molecule has 2 atom stereocenters. The molecular weight excluding hydrogens is 252 g/mol. The van der Waals surface area contributed by atoms with Crippen molar-refractivity contribution in [2.24, 2.45) is 5.73 Å². The average Bonchev–Trinajstić information content (AvgIpc) is 2.92. The Hall–Kier alpha value is -1.78. The predicted octanol–water partition coefficient (Wildman–Crippen LogP) is 2.81. The number of rotatable bonds is 6. The summed E-state index contributed by atoms with van der Waals surface area (Å²) in [6, 6.07) is 10.1. The monoisotopic (exact) mass is 274 g/mol. The molecule has 2 unspecified atom stereocenters. The summed E-state index contributed by atoms with van der Waals surface area (Å²) >= 11 is 0. The molecule has 1 heterocycles. The van der Waals surface area contributed by atoms with Crippen LogP contribution in [0.3, 0.4) is 0 Å². The van der Waals surface area contributed by atoms with E-state index in [9.17, 15) is 0 Å². The van der Waals surface area contributed by atoms with Gasteiger partial charge in [-0.15, -0.1) is 0 Å². The summed E-state index contributed by atoms with van der Waals surface area (Å²) in [5.41, 5.74) is 8.44. The zero-order valence-corrected chi connectivity index (χ0v) is 12.2. The Morgan fingerprint density at radius 3 is 2.65 bits per heavy atom. The number of likely N-dealkylation sites (N-methyl/N-ethyl adjacent to an activating group) is 1. The third-order valence-corrected chi connectivity index (χ3v) is 3.44. The zero-order valence-electron chi connectivity index (χ0n) is 12.2. The minimum Gasteiger partial charge on any atom is -0.496 e. The van der Waals surface area contributed by atoms with E-state index in [4.69, 9.17) is 14.9 Å². The minimum absolute atomic E-state index is 0.0109. The molecule has 2 rings (SSSR count). The summed E-state index contributed by atoms with van der Waals surface area (Å²) < 4.78 is 10.6. The number of nitrogens with two attached hydrogens (primary N) is 1. The number of methoxy groups -OCH3 is 1. The number of hydrogen-bond donors (Lipinski definition) is 1. The van der Waals surface area contributed by atoms with Crippen LogP contribution in [0.15, 0.2) is 47.3 Å². The molecule has 0 saturated heterocycles. The molecule has 2 N–H and O–H groups in total. The van der Waals surface area contributed by atoms with E-state index in [-0.39, 0.29) is 12.1 Å². The lowest BCUT2D eigenvalue weighted by molar-refractivity contribution is 0.205. The topological polar surface area (TPSA) is 51.6 Å². The van der Waals surface area contributed by atoms with Crippen molar-refractivity contribution in [3.05, 3.63) is 54.0 Å². The number of hydrogen-bond acceptors (Lipinski definition) is 4. The van der Waals surface area contributed by atoms with Crippen molar-refractivity contribution < 1.29 is 9.15 Å². The second kappa shape index (κ2) is 6.59. The van der Waals surface area contributed by atoms with Crippen LogP contribution in [0.5, 0.6) is 5.75 Å². The van der Waals surface area contributed by atoms with Gasteiger partial charge < -0.3 is 14.9 Å². The quantitative estimate of drug-likeness (QED) is 0.880. The molecule has 0 aliphatic rings. The molecular formula is C16H22N2O2. The molecule has 0 radical (unpaired) electrons. The van der Waals surface area contributed by atoms with Crippen molar-refractivity contribution >= 4 is 0 Å². The van der Waals surface area contributed by atoms with Crippen LogP contribution < -0.4 is 10.5 Å². The minimum atomic E-state index is -0.0109. The molecule has 0 saturated carbocycles. The normalized spacial score (nSPS) is 14.2. The third-order valence-electron chi connectivity index (χ3n) is 3.44. The average molecular weight is 274 g/mol.